The first-order chi connectivity index (χ1) is 11.9. The molecule has 0 N–H and O–H groups in total. The van der Waals surface area contributed by atoms with Crippen molar-refractivity contribution >= 4 is 16.7 Å². The zero-order valence-electron chi connectivity index (χ0n) is 15.4. The summed E-state index contributed by atoms with van der Waals surface area (Å²) in [7, 11) is 0. The molecule has 0 spiro atoms. The van der Waals surface area contributed by atoms with Crippen LogP contribution in [-0.4, -0.2) is 9.55 Å². The van der Waals surface area contributed by atoms with E-state index in [0.29, 0.717) is 6.61 Å². The lowest BCUT2D eigenvalue weighted by atomic mass is 10.2. The van der Waals surface area contributed by atoms with Crippen molar-refractivity contribution in [1.82, 2.24) is 9.55 Å². The number of benzene rings is 1. The lowest BCUT2D eigenvalue weighted by Gasteiger charge is -2.14. The summed E-state index contributed by atoms with van der Waals surface area (Å²) in [5, 5.41) is 0. The van der Waals surface area contributed by atoms with Crippen molar-refractivity contribution in [3.8, 4) is 5.75 Å². The van der Waals surface area contributed by atoms with E-state index in [0.717, 1.165) is 27.9 Å². The first-order valence-electron chi connectivity index (χ1n) is 8.38. The number of halogens is 1. The minimum absolute atomic E-state index is 0.241. The predicted octanol–water partition coefficient (Wildman–Crippen LogP) is 5.64. The standard InChI is InChI=1S/C21H23FN2O/c1-13(2)15(4)24-16(5)14(3)20-21(24)19(10-11-23-20)25-12-17-6-8-18(22)9-7-17/h6-11H,12H2,1-5H3. The first kappa shape index (κ1) is 17.2. The smallest absolute Gasteiger partial charge is 0.147 e. The molecule has 3 aromatic rings. The van der Waals surface area contributed by atoms with Crippen LogP contribution in [0.3, 0.4) is 0 Å². The summed E-state index contributed by atoms with van der Waals surface area (Å²) in [6, 6.07) is 8.27. The quantitative estimate of drug-likeness (QED) is 0.615. The van der Waals surface area contributed by atoms with Gasteiger partial charge in [0.2, 0.25) is 0 Å². The third-order valence-electron chi connectivity index (χ3n) is 4.71. The fourth-order valence-electron chi connectivity index (χ4n) is 2.93. The molecule has 0 aliphatic heterocycles. The van der Waals surface area contributed by atoms with E-state index in [-0.39, 0.29) is 5.82 Å². The van der Waals surface area contributed by atoms with Crippen LogP contribution in [0.15, 0.2) is 42.1 Å². The number of aromatic nitrogens is 2. The van der Waals surface area contributed by atoms with Gasteiger partial charge in [0, 0.05) is 23.7 Å². The van der Waals surface area contributed by atoms with Crippen LogP contribution in [0.5, 0.6) is 5.75 Å². The van der Waals surface area contributed by atoms with Crippen LogP contribution < -0.4 is 4.74 Å². The van der Waals surface area contributed by atoms with Crippen LogP contribution in [0, 0.1) is 19.7 Å². The van der Waals surface area contributed by atoms with Crippen LogP contribution in [0.4, 0.5) is 4.39 Å². The van der Waals surface area contributed by atoms with Crippen LogP contribution in [0.2, 0.25) is 0 Å². The zero-order valence-corrected chi connectivity index (χ0v) is 15.4. The second kappa shape index (κ2) is 6.71. The van der Waals surface area contributed by atoms with Crippen molar-refractivity contribution < 1.29 is 9.13 Å². The molecule has 3 nitrogen and oxygen atoms in total. The molecule has 0 aliphatic carbocycles. The highest BCUT2D eigenvalue weighted by Gasteiger charge is 2.17. The fourth-order valence-corrected chi connectivity index (χ4v) is 2.93. The lowest BCUT2D eigenvalue weighted by molar-refractivity contribution is 0.308. The van der Waals surface area contributed by atoms with Gasteiger partial charge in [-0.3, -0.25) is 4.98 Å². The number of fused-ring (bicyclic) bond motifs is 1. The van der Waals surface area contributed by atoms with E-state index in [9.17, 15) is 4.39 Å². The number of nitrogens with zero attached hydrogens (tertiary/aromatic N) is 2. The second-order valence-corrected chi connectivity index (χ2v) is 6.55. The molecule has 0 saturated heterocycles. The van der Waals surface area contributed by atoms with Gasteiger partial charge in [0.15, 0.2) is 0 Å². The highest BCUT2D eigenvalue weighted by molar-refractivity contribution is 5.89. The molecule has 3 rings (SSSR count). The monoisotopic (exact) mass is 338 g/mol. The maximum atomic E-state index is 13.1. The minimum atomic E-state index is -0.241. The summed E-state index contributed by atoms with van der Waals surface area (Å²) in [5.74, 6) is 0.542. The molecule has 2 aromatic heterocycles. The maximum absolute atomic E-state index is 13.1. The number of hydrogen-bond acceptors (Lipinski definition) is 2. The van der Waals surface area contributed by atoms with Gasteiger partial charge >= 0.3 is 0 Å². The molecule has 0 radical (unpaired) electrons. The van der Waals surface area contributed by atoms with Crippen LogP contribution >= 0.6 is 0 Å². The van der Waals surface area contributed by atoms with E-state index in [1.165, 1.54) is 29.1 Å². The van der Waals surface area contributed by atoms with Crippen molar-refractivity contribution in [2.24, 2.45) is 0 Å². The van der Waals surface area contributed by atoms with E-state index in [2.05, 4.69) is 44.2 Å². The van der Waals surface area contributed by atoms with E-state index in [1.807, 2.05) is 6.07 Å². The molecular formula is C21H23FN2O. The van der Waals surface area contributed by atoms with Crippen molar-refractivity contribution in [3.63, 3.8) is 0 Å². The summed E-state index contributed by atoms with van der Waals surface area (Å²) in [5.41, 5.74) is 7.61. The summed E-state index contributed by atoms with van der Waals surface area (Å²) >= 11 is 0. The number of aryl methyl sites for hydroxylation is 1. The molecule has 130 valence electrons. The maximum Gasteiger partial charge on any atom is 0.147 e. The molecule has 2 heterocycles. The Hall–Kier alpha value is -2.62. The van der Waals surface area contributed by atoms with Gasteiger partial charge in [-0.05, 0) is 57.9 Å². The lowest BCUT2D eigenvalue weighted by Crippen LogP contribution is -2.02. The Morgan fingerprint density at radius 2 is 1.76 bits per heavy atom. The molecule has 4 heteroatoms. The molecule has 0 bridgehead atoms. The molecule has 0 aliphatic rings. The Kier molecular flexibility index (Phi) is 4.62. The van der Waals surface area contributed by atoms with Gasteiger partial charge in [-0.2, -0.15) is 0 Å². The largest absolute Gasteiger partial charge is 0.487 e. The van der Waals surface area contributed by atoms with Gasteiger partial charge in [0.25, 0.3) is 0 Å². The van der Waals surface area contributed by atoms with Crippen molar-refractivity contribution in [2.75, 3.05) is 0 Å². The number of hydrogen-bond donors (Lipinski definition) is 0. The predicted molar refractivity (Wildman–Crippen MR) is 100 cm³/mol. The van der Waals surface area contributed by atoms with E-state index in [1.54, 1.807) is 18.3 Å². The zero-order chi connectivity index (χ0) is 18.1. The molecular weight excluding hydrogens is 315 g/mol. The van der Waals surface area contributed by atoms with Gasteiger partial charge in [0.1, 0.15) is 23.7 Å². The Morgan fingerprint density at radius 3 is 2.40 bits per heavy atom. The number of pyridine rings is 1. The third kappa shape index (κ3) is 3.16. The summed E-state index contributed by atoms with van der Waals surface area (Å²) in [6.45, 7) is 10.9. The molecule has 0 fully saturated rings. The normalized spacial score (nSPS) is 11.0. The summed E-state index contributed by atoms with van der Waals surface area (Å²) in [4.78, 5) is 4.56. The van der Waals surface area contributed by atoms with Gasteiger partial charge in [-0.15, -0.1) is 0 Å². The second-order valence-electron chi connectivity index (χ2n) is 6.55. The molecule has 1 aromatic carbocycles. The molecule has 0 atom stereocenters. The highest BCUT2D eigenvalue weighted by atomic mass is 19.1. The van der Waals surface area contributed by atoms with Crippen molar-refractivity contribution in [2.45, 2.75) is 41.2 Å². The van der Waals surface area contributed by atoms with Crippen LogP contribution in [0.1, 0.15) is 37.6 Å². The fraction of sp³-hybridized carbons (Fsp3) is 0.286. The van der Waals surface area contributed by atoms with Gasteiger partial charge in [-0.1, -0.05) is 17.7 Å². The van der Waals surface area contributed by atoms with Crippen molar-refractivity contribution in [3.05, 3.63) is 64.7 Å². The van der Waals surface area contributed by atoms with Gasteiger partial charge in [0.05, 0.1) is 5.52 Å². The Balaban J connectivity index is 2.08. The average Bonchev–Trinajstić information content (AvgIpc) is 2.85. The number of rotatable bonds is 4. The third-order valence-corrected chi connectivity index (χ3v) is 4.71. The molecule has 0 unspecified atom stereocenters. The summed E-state index contributed by atoms with van der Waals surface area (Å²) < 4.78 is 21.4. The van der Waals surface area contributed by atoms with E-state index >= 15 is 0 Å². The first-order valence-corrected chi connectivity index (χ1v) is 8.38. The summed E-state index contributed by atoms with van der Waals surface area (Å²) in [6.07, 6.45) is 1.77. The highest BCUT2D eigenvalue weighted by Crippen LogP contribution is 2.34. The average molecular weight is 338 g/mol. The number of ether oxygens (including phenoxy) is 1. The molecule has 0 amide bonds. The number of allylic oxidation sites excluding steroid dienone is 2. The minimum Gasteiger partial charge on any atom is -0.487 e. The van der Waals surface area contributed by atoms with Crippen LogP contribution in [0.25, 0.3) is 16.7 Å². The van der Waals surface area contributed by atoms with E-state index in [4.69, 9.17) is 4.74 Å². The topological polar surface area (TPSA) is 27.1 Å². The van der Waals surface area contributed by atoms with Gasteiger partial charge in [-0.25, -0.2) is 4.39 Å². The Morgan fingerprint density at radius 1 is 1.08 bits per heavy atom. The van der Waals surface area contributed by atoms with Crippen molar-refractivity contribution in [1.29, 1.82) is 0 Å². The Labute approximate surface area is 147 Å². The SMILES string of the molecule is CC(C)=C(C)n1c(C)c(C)c2nccc(OCc3ccc(F)cc3)c21. The van der Waals surface area contributed by atoms with E-state index < -0.39 is 0 Å². The molecule has 25 heavy (non-hydrogen) atoms. The molecule has 0 saturated carbocycles. The Bertz CT molecular complexity index is 948. The van der Waals surface area contributed by atoms with Gasteiger partial charge < -0.3 is 9.30 Å². The van der Waals surface area contributed by atoms with Crippen LogP contribution in [-0.2, 0) is 6.61 Å².